The van der Waals surface area contributed by atoms with E-state index >= 15 is 0 Å². The van der Waals surface area contributed by atoms with Gasteiger partial charge in [-0.2, -0.15) is 10.5 Å². The van der Waals surface area contributed by atoms with Crippen LogP contribution in [0.1, 0.15) is 33.6 Å². The van der Waals surface area contributed by atoms with Crippen molar-refractivity contribution in [2.24, 2.45) is 0 Å². The van der Waals surface area contributed by atoms with Crippen LogP contribution < -0.4 is 0 Å². The molecule has 4 nitrogen and oxygen atoms in total. The van der Waals surface area contributed by atoms with Crippen LogP contribution in [0.2, 0.25) is 0 Å². The number of hydrogen-bond donors (Lipinski definition) is 0. The van der Waals surface area contributed by atoms with Gasteiger partial charge < -0.3 is 0 Å². The third-order valence-electron chi connectivity index (χ3n) is 3.57. The maximum Gasteiger partial charge on any atom is 0.101 e. The summed E-state index contributed by atoms with van der Waals surface area (Å²) in [6.07, 6.45) is 10.8. The van der Waals surface area contributed by atoms with E-state index in [0.717, 1.165) is 35.4 Å². The van der Waals surface area contributed by atoms with Crippen LogP contribution in [-0.4, -0.2) is 9.97 Å². The Kier molecular flexibility index (Phi) is 4.19. The molecule has 2 aliphatic carbocycles. The minimum Gasteiger partial charge on any atom is -0.259 e. The minimum absolute atomic E-state index is 0.558. The summed E-state index contributed by atoms with van der Waals surface area (Å²) in [6.45, 7) is 0. The highest BCUT2D eigenvalue weighted by Gasteiger charge is 2.13. The summed E-state index contributed by atoms with van der Waals surface area (Å²) in [5, 5.41) is 17.9. The van der Waals surface area contributed by atoms with Gasteiger partial charge in [0, 0.05) is 35.8 Å². The monoisotopic (exact) mass is 318 g/mol. The zero-order valence-electron chi connectivity index (χ0n) is 12.1. The standard InChI is InChI=1S/C9H5ClN2.C9H6N2/c10-8-1-2-9-7(8)3-6(4-11)5-12-9;10-5-7-4-8-2-1-3-9(8)11-6-7/h1,3,5H,2H2;1-2,4,6H,3H2. The van der Waals surface area contributed by atoms with E-state index in [1.54, 1.807) is 18.5 Å². The molecule has 2 aromatic rings. The lowest BCUT2D eigenvalue weighted by Gasteiger charge is -1.97. The summed E-state index contributed by atoms with van der Waals surface area (Å²) in [4.78, 5) is 8.27. The second-order valence-electron chi connectivity index (χ2n) is 5.06. The van der Waals surface area contributed by atoms with Gasteiger partial charge in [0.15, 0.2) is 0 Å². The molecule has 23 heavy (non-hydrogen) atoms. The van der Waals surface area contributed by atoms with Gasteiger partial charge in [0.25, 0.3) is 0 Å². The van der Waals surface area contributed by atoms with Crippen molar-refractivity contribution < 1.29 is 0 Å². The molecule has 2 aromatic heterocycles. The number of pyridine rings is 2. The zero-order valence-corrected chi connectivity index (χ0v) is 12.9. The number of nitriles is 2. The summed E-state index contributed by atoms with van der Waals surface area (Å²) in [7, 11) is 0. The first kappa shape index (κ1) is 15.0. The van der Waals surface area contributed by atoms with Crippen molar-refractivity contribution in [2.45, 2.75) is 12.8 Å². The number of nitrogens with zero attached hydrogens (tertiary/aromatic N) is 4. The Hall–Kier alpha value is -2.95. The van der Waals surface area contributed by atoms with Crippen LogP contribution in [0.4, 0.5) is 0 Å². The molecule has 5 heteroatoms. The quantitative estimate of drug-likeness (QED) is 0.743. The van der Waals surface area contributed by atoms with Crippen LogP contribution in [0.25, 0.3) is 11.1 Å². The number of fused-ring (bicyclic) bond motifs is 2. The summed E-state index contributed by atoms with van der Waals surface area (Å²) in [5.74, 6) is 0. The highest BCUT2D eigenvalue weighted by Crippen LogP contribution is 2.29. The second-order valence-corrected chi connectivity index (χ2v) is 5.47. The van der Waals surface area contributed by atoms with Gasteiger partial charge in [-0.3, -0.25) is 9.97 Å². The largest absolute Gasteiger partial charge is 0.259 e. The number of allylic oxidation sites excluding steroid dienone is 2. The molecule has 0 unspecified atom stereocenters. The van der Waals surface area contributed by atoms with Crippen molar-refractivity contribution in [3.63, 3.8) is 0 Å². The lowest BCUT2D eigenvalue weighted by atomic mass is 10.2. The highest BCUT2D eigenvalue weighted by atomic mass is 35.5. The van der Waals surface area contributed by atoms with Gasteiger partial charge in [0.05, 0.1) is 22.5 Å². The van der Waals surface area contributed by atoms with Gasteiger partial charge >= 0.3 is 0 Å². The van der Waals surface area contributed by atoms with Gasteiger partial charge in [0.2, 0.25) is 0 Å². The van der Waals surface area contributed by atoms with Crippen molar-refractivity contribution in [1.29, 1.82) is 10.5 Å². The average molecular weight is 319 g/mol. The number of rotatable bonds is 0. The first-order valence-electron chi connectivity index (χ1n) is 7.02. The number of halogens is 1. The number of hydrogen-bond acceptors (Lipinski definition) is 4. The third kappa shape index (κ3) is 3.13. The van der Waals surface area contributed by atoms with Crippen LogP contribution in [0.5, 0.6) is 0 Å². The Morgan fingerprint density at radius 2 is 1.65 bits per heavy atom. The van der Waals surface area contributed by atoms with E-state index in [1.807, 2.05) is 24.3 Å². The van der Waals surface area contributed by atoms with Crippen LogP contribution in [0.15, 0.2) is 36.7 Å². The average Bonchev–Trinajstić information content (AvgIpc) is 3.21. The van der Waals surface area contributed by atoms with E-state index in [-0.39, 0.29) is 0 Å². The Morgan fingerprint density at radius 3 is 2.39 bits per heavy atom. The van der Waals surface area contributed by atoms with Gasteiger partial charge in [-0.15, -0.1) is 0 Å². The topological polar surface area (TPSA) is 73.4 Å². The molecule has 0 fully saturated rings. The molecule has 0 saturated heterocycles. The van der Waals surface area contributed by atoms with E-state index in [0.29, 0.717) is 16.2 Å². The predicted octanol–water partition coefficient (Wildman–Crippen LogP) is 3.61. The number of aromatic nitrogens is 2. The Bertz CT molecular complexity index is 914. The smallest absolute Gasteiger partial charge is 0.101 e. The maximum absolute atomic E-state index is 8.60. The van der Waals surface area contributed by atoms with Crippen LogP contribution in [0.3, 0.4) is 0 Å². The van der Waals surface area contributed by atoms with Gasteiger partial charge in [0.1, 0.15) is 12.1 Å². The molecule has 0 saturated carbocycles. The Balaban J connectivity index is 0.000000136. The first-order valence-corrected chi connectivity index (χ1v) is 7.39. The Morgan fingerprint density at radius 1 is 0.957 bits per heavy atom. The first-order chi connectivity index (χ1) is 11.2. The van der Waals surface area contributed by atoms with Crippen LogP contribution >= 0.6 is 11.6 Å². The van der Waals surface area contributed by atoms with E-state index in [1.165, 1.54) is 0 Å². The third-order valence-corrected chi connectivity index (χ3v) is 3.93. The normalized spacial score (nSPS) is 13.1. The molecule has 110 valence electrons. The van der Waals surface area contributed by atoms with E-state index < -0.39 is 0 Å². The summed E-state index contributed by atoms with van der Waals surface area (Å²) < 4.78 is 0. The van der Waals surface area contributed by atoms with Crippen molar-refractivity contribution in [1.82, 2.24) is 9.97 Å². The molecular weight excluding hydrogens is 308 g/mol. The summed E-state index contributed by atoms with van der Waals surface area (Å²) in [6, 6.07) is 7.73. The molecule has 0 N–H and O–H groups in total. The molecule has 0 spiro atoms. The fourth-order valence-corrected chi connectivity index (χ4v) is 2.64. The van der Waals surface area contributed by atoms with Crippen molar-refractivity contribution >= 4 is 22.7 Å². The SMILES string of the molecule is N#Cc1cnc2c(c1)C(Cl)=CC2.N#Cc1cnc2c(c1)C=CC2. The fourth-order valence-electron chi connectivity index (χ4n) is 2.40. The Labute approximate surface area is 139 Å². The molecule has 2 heterocycles. The molecular formula is C18H11ClN4. The van der Waals surface area contributed by atoms with Crippen LogP contribution in [-0.2, 0) is 12.8 Å². The fraction of sp³-hybridized carbons (Fsp3) is 0.111. The maximum atomic E-state index is 8.60. The van der Waals surface area contributed by atoms with E-state index in [4.69, 9.17) is 22.1 Å². The van der Waals surface area contributed by atoms with Crippen molar-refractivity contribution in [3.05, 3.63) is 70.3 Å². The molecule has 4 rings (SSSR count). The zero-order chi connectivity index (χ0) is 16.2. The predicted molar refractivity (Wildman–Crippen MR) is 88.2 cm³/mol. The molecule has 0 aromatic carbocycles. The summed E-state index contributed by atoms with van der Waals surface area (Å²) in [5.41, 5.74) is 5.21. The molecule has 0 amide bonds. The molecule has 0 aliphatic heterocycles. The van der Waals surface area contributed by atoms with E-state index in [9.17, 15) is 0 Å². The van der Waals surface area contributed by atoms with Gasteiger partial charge in [-0.25, -0.2) is 0 Å². The lowest BCUT2D eigenvalue weighted by Crippen LogP contribution is -1.89. The van der Waals surface area contributed by atoms with Crippen molar-refractivity contribution in [3.8, 4) is 12.1 Å². The molecule has 2 aliphatic rings. The van der Waals surface area contributed by atoms with Crippen molar-refractivity contribution in [2.75, 3.05) is 0 Å². The van der Waals surface area contributed by atoms with Crippen LogP contribution in [0, 0.1) is 22.7 Å². The second kappa shape index (κ2) is 6.44. The minimum atomic E-state index is 0.558. The molecule has 0 bridgehead atoms. The lowest BCUT2D eigenvalue weighted by molar-refractivity contribution is 1.12. The van der Waals surface area contributed by atoms with Gasteiger partial charge in [-0.1, -0.05) is 29.8 Å². The molecule has 0 atom stereocenters. The van der Waals surface area contributed by atoms with E-state index in [2.05, 4.69) is 22.1 Å². The summed E-state index contributed by atoms with van der Waals surface area (Å²) >= 11 is 5.88. The highest BCUT2D eigenvalue weighted by molar-refractivity contribution is 6.49. The molecule has 0 radical (unpaired) electrons. The van der Waals surface area contributed by atoms with Gasteiger partial charge in [-0.05, 0) is 17.7 Å².